The molecule has 1 amide bonds. The standard InChI is InChI=1S/C18H22N6O6S/c25-18(17-5-6-23(19-17)15-1-3-16(4-2-15)24(26)27)20-7-9-21(10-8-20)31(28,29)22-11-13-30-14-12-22/h1-6H,7-14H2. The number of amides is 1. The van der Waals surface area contributed by atoms with E-state index >= 15 is 0 Å². The largest absolute Gasteiger partial charge is 0.379 e. The summed E-state index contributed by atoms with van der Waals surface area (Å²) in [5.41, 5.74) is 0.783. The molecule has 0 aliphatic carbocycles. The van der Waals surface area contributed by atoms with Crippen molar-refractivity contribution in [2.24, 2.45) is 0 Å². The number of rotatable bonds is 5. The number of carbonyl (C=O) groups excluding carboxylic acids is 1. The summed E-state index contributed by atoms with van der Waals surface area (Å²) < 4.78 is 35.0. The molecule has 3 heterocycles. The molecule has 31 heavy (non-hydrogen) atoms. The van der Waals surface area contributed by atoms with Crippen LogP contribution in [0.5, 0.6) is 0 Å². The number of nitro groups is 1. The second-order valence-corrected chi connectivity index (χ2v) is 9.06. The number of benzene rings is 1. The third-order valence-corrected chi connectivity index (χ3v) is 7.32. The number of carbonyl (C=O) groups is 1. The fraction of sp³-hybridized carbons (Fsp3) is 0.444. The van der Waals surface area contributed by atoms with E-state index in [0.29, 0.717) is 32.0 Å². The van der Waals surface area contributed by atoms with E-state index < -0.39 is 15.1 Å². The first-order valence-corrected chi connectivity index (χ1v) is 11.2. The quantitative estimate of drug-likeness (QED) is 0.467. The lowest BCUT2D eigenvalue weighted by atomic mass is 10.3. The van der Waals surface area contributed by atoms with E-state index in [1.807, 2.05) is 0 Å². The Balaban J connectivity index is 1.38. The summed E-state index contributed by atoms with van der Waals surface area (Å²) in [6, 6.07) is 7.41. The fourth-order valence-electron chi connectivity index (χ4n) is 3.53. The van der Waals surface area contributed by atoms with Gasteiger partial charge in [0, 0.05) is 57.6 Å². The summed E-state index contributed by atoms with van der Waals surface area (Å²) in [5.74, 6) is -0.288. The van der Waals surface area contributed by atoms with Crippen LogP contribution in [-0.4, -0.2) is 95.0 Å². The van der Waals surface area contributed by atoms with Crippen molar-refractivity contribution in [3.05, 3.63) is 52.3 Å². The zero-order valence-electron chi connectivity index (χ0n) is 16.7. The maximum atomic E-state index is 12.8. The number of nitro benzene ring substituents is 1. The number of aromatic nitrogens is 2. The lowest BCUT2D eigenvalue weighted by Crippen LogP contribution is -2.55. The van der Waals surface area contributed by atoms with Crippen molar-refractivity contribution in [1.82, 2.24) is 23.3 Å². The Labute approximate surface area is 178 Å². The summed E-state index contributed by atoms with van der Waals surface area (Å²) in [6.45, 7) is 2.41. The van der Waals surface area contributed by atoms with Gasteiger partial charge < -0.3 is 9.64 Å². The monoisotopic (exact) mass is 450 g/mol. The Morgan fingerprint density at radius 2 is 1.58 bits per heavy atom. The Morgan fingerprint density at radius 3 is 2.19 bits per heavy atom. The smallest absolute Gasteiger partial charge is 0.282 e. The van der Waals surface area contributed by atoms with Crippen molar-refractivity contribution in [3.63, 3.8) is 0 Å². The van der Waals surface area contributed by atoms with Crippen LogP contribution in [0, 0.1) is 10.1 Å². The van der Waals surface area contributed by atoms with Gasteiger partial charge in [-0.3, -0.25) is 14.9 Å². The van der Waals surface area contributed by atoms with Crippen LogP contribution in [0.1, 0.15) is 10.5 Å². The van der Waals surface area contributed by atoms with E-state index in [9.17, 15) is 23.3 Å². The molecule has 12 nitrogen and oxygen atoms in total. The second-order valence-electron chi connectivity index (χ2n) is 7.13. The number of hydrogen-bond acceptors (Lipinski definition) is 7. The van der Waals surface area contributed by atoms with Gasteiger partial charge in [-0.15, -0.1) is 0 Å². The molecule has 166 valence electrons. The minimum atomic E-state index is -3.56. The molecular formula is C18H22N6O6S. The highest BCUT2D eigenvalue weighted by molar-refractivity contribution is 7.86. The molecule has 0 atom stereocenters. The van der Waals surface area contributed by atoms with Gasteiger partial charge in [0.25, 0.3) is 21.8 Å². The molecule has 2 aliphatic rings. The molecule has 2 aliphatic heterocycles. The fourth-order valence-corrected chi connectivity index (χ4v) is 5.10. The maximum Gasteiger partial charge on any atom is 0.282 e. The van der Waals surface area contributed by atoms with Gasteiger partial charge in [0.1, 0.15) is 0 Å². The first kappa shape index (κ1) is 21.4. The van der Waals surface area contributed by atoms with Crippen LogP contribution < -0.4 is 0 Å². The number of morpholine rings is 1. The molecule has 1 aromatic heterocycles. The van der Waals surface area contributed by atoms with Crippen LogP contribution >= 0.6 is 0 Å². The average molecular weight is 450 g/mol. The van der Waals surface area contributed by atoms with Gasteiger partial charge in [0.05, 0.1) is 23.8 Å². The van der Waals surface area contributed by atoms with Crippen molar-refractivity contribution >= 4 is 21.8 Å². The molecule has 0 saturated carbocycles. The topological polar surface area (TPSA) is 131 Å². The van der Waals surface area contributed by atoms with Gasteiger partial charge in [-0.2, -0.15) is 22.1 Å². The molecule has 2 saturated heterocycles. The molecule has 4 rings (SSSR count). The van der Waals surface area contributed by atoms with E-state index in [1.54, 1.807) is 29.3 Å². The minimum Gasteiger partial charge on any atom is -0.379 e. The third kappa shape index (κ3) is 4.44. The zero-order chi connectivity index (χ0) is 22.0. The summed E-state index contributed by atoms with van der Waals surface area (Å²) in [6.07, 6.45) is 1.60. The van der Waals surface area contributed by atoms with Crippen LogP contribution in [0.15, 0.2) is 36.5 Å². The predicted molar refractivity (Wildman–Crippen MR) is 109 cm³/mol. The predicted octanol–water partition coefficient (Wildman–Crippen LogP) is 0.115. The lowest BCUT2D eigenvalue weighted by molar-refractivity contribution is -0.384. The average Bonchev–Trinajstić information content (AvgIpc) is 3.29. The molecule has 2 fully saturated rings. The summed E-state index contributed by atoms with van der Waals surface area (Å²) >= 11 is 0. The van der Waals surface area contributed by atoms with E-state index in [0.717, 1.165) is 0 Å². The van der Waals surface area contributed by atoms with Crippen molar-refractivity contribution < 1.29 is 22.9 Å². The van der Waals surface area contributed by atoms with Gasteiger partial charge in [-0.25, -0.2) is 4.68 Å². The van der Waals surface area contributed by atoms with Crippen molar-refractivity contribution in [2.75, 3.05) is 52.5 Å². The van der Waals surface area contributed by atoms with Gasteiger partial charge in [-0.05, 0) is 18.2 Å². The molecule has 13 heteroatoms. The van der Waals surface area contributed by atoms with Crippen molar-refractivity contribution in [2.45, 2.75) is 0 Å². The van der Waals surface area contributed by atoms with E-state index in [1.165, 1.54) is 25.4 Å². The molecule has 2 aromatic rings. The molecule has 0 N–H and O–H groups in total. The summed E-state index contributed by atoms with van der Waals surface area (Å²) in [7, 11) is -3.56. The Kier molecular flexibility index (Phi) is 6.00. The van der Waals surface area contributed by atoms with Crippen LogP contribution in [0.2, 0.25) is 0 Å². The normalized spacial score (nSPS) is 18.8. The molecule has 1 aromatic carbocycles. The summed E-state index contributed by atoms with van der Waals surface area (Å²) in [5, 5.41) is 15.0. The number of non-ortho nitro benzene ring substituents is 1. The highest BCUT2D eigenvalue weighted by Crippen LogP contribution is 2.17. The highest BCUT2D eigenvalue weighted by Gasteiger charge is 2.34. The third-order valence-electron chi connectivity index (χ3n) is 5.28. The van der Waals surface area contributed by atoms with Crippen LogP contribution in [0.4, 0.5) is 5.69 Å². The SMILES string of the molecule is O=C(c1ccn(-c2ccc([N+](=O)[O-])cc2)n1)N1CCN(S(=O)(=O)N2CCOCC2)CC1. The summed E-state index contributed by atoms with van der Waals surface area (Å²) in [4.78, 5) is 24.7. The van der Waals surface area contributed by atoms with Crippen LogP contribution in [-0.2, 0) is 14.9 Å². The minimum absolute atomic E-state index is 0.0305. The number of piperazine rings is 1. The number of nitrogens with zero attached hydrogens (tertiary/aromatic N) is 6. The molecule has 0 radical (unpaired) electrons. The van der Waals surface area contributed by atoms with Gasteiger partial charge in [0.15, 0.2) is 5.69 Å². The van der Waals surface area contributed by atoms with E-state index in [-0.39, 0.29) is 43.5 Å². The molecule has 0 spiro atoms. The Hall–Kier alpha value is -2.87. The van der Waals surface area contributed by atoms with E-state index in [2.05, 4.69) is 5.10 Å². The van der Waals surface area contributed by atoms with Crippen LogP contribution in [0.25, 0.3) is 5.69 Å². The first-order chi connectivity index (χ1) is 14.9. The van der Waals surface area contributed by atoms with Crippen LogP contribution in [0.3, 0.4) is 0 Å². The Morgan fingerprint density at radius 1 is 0.968 bits per heavy atom. The number of ether oxygens (including phenoxy) is 1. The van der Waals surface area contributed by atoms with Gasteiger partial charge >= 0.3 is 0 Å². The van der Waals surface area contributed by atoms with E-state index in [4.69, 9.17) is 4.74 Å². The molecule has 0 bridgehead atoms. The first-order valence-electron chi connectivity index (χ1n) is 9.79. The number of hydrogen-bond donors (Lipinski definition) is 0. The molecule has 0 unspecified atom stereocenters. The van der Waals surface area contributed by atoms with Gasteiger partial charge in [0.2, 0.25) is 0 Å². The Bertz CT molecular complexity index is 1060. The van der Waals surface area contributed by atoms with Gasteiger partial charge in [-0.1, -0.05) is 0 Å². The maximum absolute atomic E-state index is 12.8. The highest BCUT2D eigenvalue weighted by atomic mass is 32.2. The second kappa shape index (κ2) is 8.70. The van der Waals surface area contributed by atoms with Crippen molar-refractivity contribution in [3.8, 4) is 5.69 Å². The van der Waals surface area contributed by atoms with Crippen molar-refractivity contribution in [1.29, 1.82) is 0 Å². The zero-order valence-corrected chi connectivity index (χ0v) is 17.5. The molecular weight excluding hydrogens is 428 g/mol. The lowest BCUT2D eigenvalue weighted by Gasteiger charge is -2.37.